The van der Waals surface area contributed by atoms with Crippen molar-refractivity contribution in [3.8, 4) is 0 Å². The Hall–Kier alpha value is -3.23. The van der Waals surface area contributed by atoms with Gasteiger partial charge >= 0.3 is 6.18 Å². The number of aliphatic hydroxyl groups is 1. The van der Waals surface area contributed by atoms with Crippen LogP contribution in [-0.4, -0.2) is 52.9 Å². The molecule has 1 N–H and O–H groups in total. The van der Waals surface area contributed by atoms with E-state index in [4.69, 9.17) is 0 Å². The number of likely N-dealkylation sites (tertiary alicyclic amines) is 1. The molecule has 0 atom stereocenters. The number of amides is 2. The summed E-state index contributed by atoms with van der Waals surface area (Å²) in [5.74, 6) is -0.540. The van der Waals surface area contributed by atoms with Crippen LogP contribution in [0, 0.1) is 0 Å². The average molecular weight is 497 g/mol. The van der Waals surface area contributed by atoms with E-state index >= 15 is 0 Å². The number of piperidine rings is 1. The molecule has 188 valence electrons. The van der Waals surface area contributed by atoms with E-state index in [1.807, 2.05) is 24.3 Å². The van der Waals surface area contributed by atoms with Crippen LogP contribution in [0.4, 0.5) is 13.2 Å². The van der Waals surface area contributed by atoms with Gasteiger partial charge in [-0.05, 0) is 67.4 Å². The molecule has 0 aromatic heterocycles. The number of nitrogens with zero attached hydrogens (tertiary/aromatic N) is 2. The quantitative estimate of drug-likeness (QED) is 0.376. The van der Waals surface area contributed by atoms with E-state index in [1.165, 1.54) is 11.0 Å². The second-order valence-corrected chi connectivity index (χ2v) is 9.63. The molecule has 2 amide bonds. The van der Waals surface area contributed by atoms with E-state index in [1.54, 1.807) is 18.2 Å². The number of benzene rings is 3. The summed E-state index contributed by atoms with van der Waals surface area (Å²) in [7, 11) is 0. The minimum Gasteiger partial charge on any atom is -0.385 e. The summed E-state index contributed by atoms with van der Waals surface area (Å²) in [4.78, 5) is 29.5. The predicted octanol–water partition coefficient (Wildman–Crippen LogP) is 5.22. The zero-order valence-electron chi connectivity index (χ0n) is 19.7. The van der Waals surface area contributed by atoms with Crippen LogP contribution < -0.4 is 0 Å². The van der Waals surface area contributed by atoms with E-state index in [-0.39, 0.29) is 11.8 Å². The summed E-state index contributed by atoms with van der Waals surface area (Å²) in [6.45, 7) is 2.17. The molecule has 0 bridgehead atoms. The molecule has 2 aliphatic rings. The second kappa shape index (κ2) is 9.33. The molecular weight excluding hydrogens is 469 g/mol. The number of carbonyl (C=O) groups is 2. The Balaban J connectivity index is 1.14. The molecule has 3 aromatic rings. The molecule has 0 spiro atoms. The van der Waals surface area contributed by atoms with E-state index in [9.17, 15) is 27.9 Å². The highest BCUT2D eigenvalue weighted by Gasteiger charge is 2.37. The number of hydrogen-bond donors (Lipinski definition) is 1. The Morgan fingerprint density at radius 1 is 0.833 bits per heavy atom. The van der Waals surface area contributed by atoms with Crippen molar-refractivity contribution in [1.82, 2.24) is 9.80 Å². The van der Waals surface area contributed by atoms with E-state index < -0.39 is 17.3 Å². The highest BCUT2D eigenvalue weighted by atomic mass is 19.4. The molecular formula is C28H27F3N2O3. The van der Waals surface area contributed by atoms with Crippen molar-refractivity contribution in [2.75, 3.05) is 26.2 Å². The van der Waals surface area contributed by atoms with Gasteiger partial charge in [0, 0.05) is 36.1 Å². The molecule has 2 aliphatic heterocycles. The maximum Gasteiger partial charge on any atom is 0.416 e. The van der Waals surface area contributed by atoms with Crippen molar-refractivity contribution in [2.45, 2.75) is 37.5 Å². The van der Waals surface area contributed by atoms with Gasteiger partial charge in [-0.15, -0.1) is 0 Å². The average Bonchev–Trinajstić information content (AvgIpc) is 2.87. The lowest BCUT2D eigenvalue weighted by Crippen LogP contribution is -2.43. The van der Waals surface area contributed by atoms with Gasteiger partial charge in [0.25, 0.3) is 11.8 Å². The lowest BCUT2D eigenvalue weighted by molar-refractivity contribution is -0.137. The fraction of sp³-hybridized carbons (Fsp3) is 0.357. The second-order valence-electron chi connectivity index (χ2n) is 9.63. The van der Waals surface area contributed by atoms with Gasteiger partial charge in [-0.2, -0.15) is 13.2 Å². The molecule has 0 saturated carbocycles. The molecule has 0 unspecified atom stereocenters. The lowest BCUT2D eigenvalue weighted by Gasteiger charge is -2.39. The largest absolute Gasteiger partial charge is 0.416 e. The number of alkyl halides is 3. The van der Waals surface area contributed by atoms with Crippen LogP contribution in [0.25, 0.3) is 10.8 Å². The Morgan fingerprint density at radius 2 is 1.42 bits per heavy atom. The number of imide groups is 1. The van der Waals surface area contributed by atoms with Gasteiger partial charge < -0.3 is 10.0 Å². The van der Waals surface area contributed by atoms with Gasteiger partial charge in [-0.25, -0.2) is 0 Å². The van der Waals surface area contributed by atoms with Gasteiger partial charge in [-0.3, -0.25) is 14.5 Å². The van der Waals surface area contributed by atoms with Crippen LogP contribution in [-0.2, 0) is 11.8 Å². The van der Waals surface area contributed by atoms with Crippen molar-refractivity contribution < 1.29 is 27.9 Å². The lowest BCUT2D eigenvalue weighted by atomic mass is 9.83. The van der Waals surface area contributed by atoms with Crippen LogP contribution >= 0.6 is 0 Å². The van der Waals surface area contributed by atoms with Crippen LogP contribution in [0.15, 0.2) is 60.7 Å². The third-order valence-corrected chi connectivity index (χ3v) is 7.37. The number of carbonyl (C=O) groups excluding carboxylic acids is 2. The first kappa shape index (κ1) is 24.5. The predicted molar refractivity (Wildman–Crippen MR) is 130 cm³/mol. The Labute approximate surface area is 207 Å². The molecule has 1 fully saturated rings. The molecule has 2 heterocycles. The first-order valence-corrected chi connectivity index (χ1v) is 12.2. The number of hydrogen-bond acceptors (Lipinski definition) is 4. The number of rotatable bonds is 6. The van der Waals surface area contributed by atoms with Crippen LogP contribution in [0.5, 0.6) is 0 Å². The van der Waals surface area contributed by atoms with Crippen molar-refractivity contribution in [2.24, 2.45) is 0 Å². The third-order valence-electron chi connectivity index (χ3n) is 7.37. The van der Waals surface area contributed by atoms with Crippen LogP contribution in [0.3, 0.4) is 0 Å². The summed E-state index contributed by atoms with van der Waals surface area (Å²) in [6, 6.07) is 15.9. The fourth-order valence-corrected chi connectivity index (χ4v) is 5.31. The van der Waals surface area contributed by atoms with Gasteiger partial charge in [0.05, 0.1) is 11.2 Å². The Kier molecular flexibility index (Phi) is 6.34. The standard InChI is InChI=1S/C28H27F3N2O3/c29-28(30,31)21-9-5-8-20(18-21)27(36)12-16-32(17-13-27)14-1-2-15-33-25(34)22-10-3-6-19-7-4-11-23(24(19)22)26(33)35/h3-11,18,36H,1-2,12-17H2. The number of unbranched alkanes of at least 4 members (excludes halogenated alkanes) is 1. The van der Waals surface area contributed by atoms with Crippen molar-refractivity contribution >= 4 is 22.6 Å². The maximum atomic E-state index is 13.1. The normalized spacial score (nSPS) is 18.2. The van der Waals surface area contributed by atoms with E-state index in [0.29, 0.717) is 61.0 Å². The van der Waals surface area contributed by atoms with Crippen molar-refractivity contribution in [3.63, 3.8) is 0 Å². The third kappa shape index (κ3) is 4.51. The highest BCUT2D eigenvalue weighted by molar-refractivity contribution is 6.25. The molecule has 5 rings (SSSR count). The Morgan fingerprint density at radius 3 is 2.03 bits per heavy atom. The van der Waals surface area contributed by atoms with E-state index in [2.05, 4.69) is 4.90 Å². The molecule has 0 radical (unpaired) electrons. The van der Waals surface area contributed by atoms with E-state index in [0.717, 1.165) is 30.5 Å². The minimum atomic E-state index is -4.45. The summed E-state index contributed by atoms with van der Waals surface area (Å²) >= 11 is 0. The van der Waals surface area contributed by atoms with Crippen molar-refractivity contribution in [1.29, 1.82) is 0 Å². The smallest absolute Gasteiger partial charge is 0.385 e. The molecule has 0 aliphatic carbocycles. The zero-order chi connectivity index (χ0) is 25.5. The van der Waals surface area contributed by atoms with Crippen molar-refractivity contribution in [3.05, 3.63) is 82.9 Å². The first-order valence-electron chi connectivity index (χ1n) is 12.2. The first-order chi connectivity index (χ1) is 17.2. The fourth-order valence-electron chi connectivity index (χ4n) is 5.31. The number of halogens is 3. The Bertz CT molecular complexity index is 1260. The molecule has 1 saturated heterocycles. The molecule has 3 aromatic carbocycles. The zero-order valence-corrected chi connectivity index (χ0v) is 19.7. The molecule has 5 nitrogen and oxygen atoms in total. The summed E-state index contributed by atoms with van der Waals surface area (Å²) in [5, 5.41) is 12.6. The maximum absolute atomic E-state index is 13.1. The van der Waals surface area contributed by atoms with Gasteiger partial charge in [0.1, 0.15) is 0 Å². The minimum absolute atomic E-state index is 0.270. The van der Waals surface area contributed by atoms with Gasteiger partial charge in [0.15, 0.2) is 0 Å². The summed E-state index contributed by atoms with van der Waals surface area (Å²) < 4.78 is 39.2. The summed E-state index contributed by atoms with van der Waals surface area (Å²) in [6.07, 6.45) is -2.36. The summed E-state index contributed by atoms with van der Waals surface area (Å²) in [5.41, 5.74) is -0.634. The van der Waals surface area contributed by atoms with Crippen LogP contribution in [0.1, 0.15) is 57.5 Å². The molecule has 8 heteroatoms. The van der Waals surface area contributed by atoms with Crippen LogP contribution in [0.2, 0.25) is 0 Å². The highest BCUT2D eigenvalue weighted by Crippen LogP contribution is 2.37. The topological polar surface area (TPSA) is 60.9 Å². The van der Waals surface area contributed by atoms with Gasteiger partial charge in [0.2, 0.25) is 0 Å². The van der Waals surface area contributed by atoms with Gasteiger partial charge in [-0.1, -0.05) is 36.4 Å². The molecule has 36 heavy (non-hydrogen) atoms. The SMILES string of the molecule is O=C1c2cccc3cccc(c23)C(=O)N1CCCCN1CCC(O)(c2cccc(C(F)(F)F)c2)CC1. The monoisotopic (exact) mass is 496 g/mol.